The van der Waals surface area contributed by atoms with Crippen molar-refractivity contribution in [2.75, 3.05) is 0 Å². The number of sulfonamides is 1. The van der Waals surface area contributed by atoms with Crippen molar-refractivity contribution in [3.63, 3.8) is 0 Å². The average molecular weight is 401 g/mol. The van der Waals surface area contributed by atoms with Crippen molar-refractivity contribution in [1.29, 1.82) is 0 Å². The summed E-state index contributed by atoms with van der Waals surface area (Å²) in [6, 6.07) is 10.6. The van der Waals surface area contributed by atoms with Crippen LogP contribution in [0.3, 0.4) is 0 Å². The number of rotatable bonds is 4. The highest BCUT2D eigenvalue weighted by Gasteiger charge is 2.16. The summed E-state index contributed by atoms with van der Waals surface area (Å²) in [5, 5.41) is 3.80. The molecule has 1 heterocycles. The molecule has 0 aliphatic heterocycles. The van der Waals surface area contributed by atoms with Crippen LogP contribution in [0.2, 0.25) is 0 Å². The zero-order valence-electron chi connectivity index (χ0n) is 12.5. The molecule has 2 aromatic rings. The number of halogens is 1. The van der Waals surface area contributed by atoms with Gasteiger partial charge in [-0.2, -0.15) is 13.5 Å². The van der Waals surface area contributed by atoms with Gasteiger partial charge in [0.25, 0.3) is 10.0 Å². The van der Waals surface area contributed by atoms with Gasteiger partial charge in [-0.05, 0) is 51.2 Å². The molecular weight excluding hydrogens is 384 g/mol. The maximum Gasteiger partial charge on any atom is 0.276 e. The third kappa shape index (κ3) is 4.41. The van der Waals surface area contributed by atoms with Crippen molar-refractivity contribution < 1.29 is 8.42 Å². The van der Waals surface area contributed by atoms with Crippen LogP contribution in [0, 0.1) is 0 Å². The molecule has 0 fully saturated rings. The van der Waals surface area contributed by atoms with Gasteiger partial charge in [0, 0.05) is 4.88 Å². The first-order valence-corrected chi connectivity index (χ1v) is 9.68. The molecule has 0 aliphatic rings. The lowest BCUT2D eigenvalue weighted by molar-refractivity contribution is 0.580. The fraction of sp³-hybridized carbons (Fsp3) is 0.267. The molecule has 1 aromatic carbocycles. The molecule has 0 unspecified atom stereocenters. The zero-order chi connectivity index (χ0) is 16.4. The highest BCUT2D eigenvalue weighted by Crippen LogP contribution is 2.23. The minimum Gasteiger partial charge on any atom is -0.200 e. The summed E-state index contributed by atoms with van der Waals surface area (Å²) in [6.45, 7) is 6.24. The maximum atomic E-state index is 12.2. The molecule has 0 saturated carbocycles. The first kappa shape index (κ1) is 17.2. The van der Waals surface area contributed by atoms with Crippen LogP contribution in [0.5, 0.6) is 0 Å². The first-order valence-electron chi connectivity index (χ1n) is 6.59. The van der Waals surface area contributed by atoms with E-state index < -0.39 is 10.0 Å². The van der Waals surface area contributed by atoms with Crippen LogP contribution < -0.4 is 4.83 Å². The molecule has 0 saturated heterocycles. The topological polar surface area (TPSA) is 58.5 Å². The van der Waals surface area contributed by atoms with Gasteiger partial charge in [0.1, 0.15) is 0 Å². The number of nitrogens with zero attached hydrogens (tertiary/aromatic N) is 1. The molecule has 7 heteroatoms. The third-order valence-electron chi connectivity index (χ3n) is 2.99. The molecule has 2 rings (SSSR count). The number of benzene rings is 1. The molecule has 4 nitrogen and oxygen atoms in total. The highest BCUT2D eigenvalue weighted by molar-refractivity contribution is 9.11. The monoisotopic (exact) mass is 400 g/mol. The van der Waals surface area contributed by atoms with Gasteiger partial charge < -0.3 is 0 Å². The van der Waals surface area contributed by atoms with Crippen LogP contribution in [0.15, 0.2) is 50.2 Å². The van der Waals surface area contributed by atoms with E-state index >= 15 is 0 Å². The van der Waals surface area contributed by atoms with Gasteiger partial charge in [-0.3, -0.25) is 0 Å². The van der Waals surface area contributed by atoms with Gasteiger partial charge in [-0.15, -0.1) is 11.3 Å². The summed E-state index contributed by atoms with van der Waals surface area (Å²) in [5.74, 6) is 0. The molecular formula is C15H17BrN2O2S2. The number of thiophene rings is 1. The Hall–Kier alpha value is -1.18. The number of hydrogen-bond donors (Lipinski definition) is 1. The summed E-state index contributed by atoms with van der Waals surface area (Å²) in [7, 11) is -3.64. The fourth-order valence-electron chi connectivity index (χ4n) is 1.74. The number of hydrazone groups is 1. The summed E-state index contributed by atoms with van der Waals surface area (Å²) < 4.78 is 25.3. The maximum absolute atomic E-state index is 12.2. The van der Waals surface area contributed by atoms with Crippen LogP contribution in [-0.2, 0) is 15.4 Å². The minimum absolute atomic E-state index is 0.0135. The van der Waals surface area contributed by atoms with Gasteiger partial charge in [0.05, 0.1) is 14.9 Å². The minimum atomic E-state index is -3.64. The van der Waals surface area contributed by atoms with Gasteiger partial charge in [0.2, 0.25) is 0 Å². The Kier molecular flexibility index (Phi) is 5.09. The van der Waals surface area contributed by atoms with Crippen LogP contribution in [0.4, 0.5) is 0 Å². The largest absolute Gasteiger partial charge is 0.276 e. The second-order valence-corrected chi connectivity index (χ2v) is 9.92. The lowest BCUT2D eigenvalue weighted by atomic mass is 9.87. The lowest BCUT2D eigenvalue weighted by Crippen LogP contribution is -2.19. The Morgan fingerprint density at radius 3 is 2.27 bits per heavy atom. The predicted molar refractivity (Wildman–Crippen MR) is 95.1 cm³/mol. The smallest absolute Gasteiger partial charge is 0.200 e. The summed E-state index contributed by atoms with van der Waals surface area (Å²) in [4.78, 5) is 3.28. The Balaban J connectivity index is 2.11. The Labute approximate surface area is 143 Å². The highest BCUT2D eigenvalue weighted by atomic mass is 79.9. The van der Waals surface area contributed by atoms with E-state index in [1.807, 2.05) is 24.3 Å². The van der Waals surface area contributed by atoms with E-state index in [-0.39, 0.29) is 10.3 Å². The molecule has 1 N–H and O–H groups in total. The molecule has 0 radical (unpaired) electrons. The van der Waals surface area contributed by atoms with Crippen LogP contribution in [0.1, 0.15) is 31.2 Å². The predicted octanol–water partition coefficient (Wildman–Crippen LogP) is 4.12. The van der Waals surface area contributed by atoms with E-state index in [1.165, 1.54) is 17.6 Å². The van der Waals surface area contributed by atoms with Crippen LogP contribution in [0.25, 0.3) is 0 Å². The van der Waals surface area contributed by atoms with E-state index in [0.717, 1.165) is 14.2 Å². The third-order valence-corrected chi connectivity index (χ3v) is 5.79. The molecule has 0 aliphatic carbocycles. The van der Waals surface area contributed by atoms with Crippen LogP contribution >= 0.6 is 27.3 Å². The molecule has 0 atom stereocenters. The van der Waals surface area contributed by atoms with Crippen molar-refractivity contribution in [3.8, 4) is 0 Å². The van der Waals surface area contributed by atoms with Gasteiger partial charge >= 0.3 is 0 Å². The van der Waals surface area contributed by atoms with Crippen molar-refractivity contribution in [1.82, 2.24) is 4.83 Å². The van der Waals surface area contributed by atoms with E-state index in [9.17, 15) is 8.42 Å². The fourth-order valence-corrected chi connectivity index (χ4v) is 3.83. The van der Waals surface area contributed by atoms with Gasteiger partial charge in [-0.1, -0.05) is 32.9 Å². The molecule has 1 aromatic heterocycles. The molecule has 0 bridgehead atoms. The van der Waals surface area contributed by atoms with Crippen molar-refractivity contribution in [2.24, 2.45) is 5.10 Å². The number of nitrogens with one attached hydrogen (secondary N) is 1. The first-order chi connectivity index (χ1) is 10.2. The summed E-state index contributed by atoms with van der Waals surface area (Å²) >= 11 is 4.81. The lowest BCUT2D eigenvalue weighted by Gasteiger charge is -2.19. The Morgan fingerprint density at radius 2 is 1.77 bits per heavy atom. The second-order valence-electron chi connectivity index (χ2n) is 5.77. The standard InChI is InChI=1S/C15H17BrN2O2S2/c1-15(2,3)11-4-7-13(8-5-11)22(19,20)18-17-10-12-6-9-14(16)21-12/h4-10,18H,1-3H3/b17-10+. The second kappa shape index (κ2) is 6.52. The molecule has 22 heavy (non-hydrogen) atoms. The molecule has 118 valence electrons. The zero-order valence-corrected chi connectivity index (χ0v) is 15.7. The van der Waals surface area contributed by atoms with Crippen molar-refractivity contribution >= 4 is 43.5 Å². The SMILES string of the molecule is CC(C)(C)c1ccc(S(=O)(=O)N/N=C/c2ccc(Br)s2)cc1. The number of hydrogen-bond acceptors (Lipinski definition) is 4. The molecule has 0 amide bonds. The van der Waals surface area contributed by atoms with Crippen LogP contribution in [-0.4, -0.2) is 14.6 Å². The Bertz CT molecular complexity index is 773. The van der Waals surface area contributed by atoms with E-state index in [1.54, 1.807) is 12.1 Å². The summed E-state index contributed by atoms with van der Waals surface area (Å²) in [5.41, 5.74) is 1.07. The van der Waals surface area contributed by atoms with Crippen molar-refractivity contribution in [3.05, 3.63) is 50.6 Å². The van der Waals surface area contributed by atoms with E-state index in [2.05, 4.69) is 46.6 Å². The normalized spacial score (nSPS) is 12.7. The van der Waals surface area contributed by atoms with Gasteiger partial charge in [0.15, 0.2) is 0 Å². The van der Waals surface area contributed by atoms with Crippen molar-refractivity contribution in [2.45, 2.75) is 31.1 Å². The quantitative estimate of drug-likeness (QED) is 0.619. The van der Waals surface area contributed by atoms with E-state index in [4.69, 9.17) is 0 Å². The molecule has 0 spiro atoms. The average Bonchev–Trinajstić information content (AvgIpc) is 2.83. The van der Waals surface area contributed by atoms with Gasteiger partial charge in [-0.25, -0.2) is 4.83 Å². The Morgan fingerprint density at radius 1 is 1.14 bits per heavy atom. The van der Waals surface area contributed by atoms with E-state index in [0.29, 0.717) is 0 Å². The summed E-state index contributed by atoms with van der Waals surface area (Å²) in [6.07, 6.45) is 1.48.